The fraction of sp³-hybridized carbons (Fsp3) is 0.385. The standard InChI is InChI=1S/C26H31N3O3/c1-5-32-26(31)23-24(28-14-13-20(17-28)27(3)4)21-15-18(2)11-12-22(21)29(25(23)30)16-19-9-7-6-8-10-19/h6-12,15,20H,5,13-14,16-17H2,1-4H3. The number of aryl methyl sites for hydroxylation is 1. The highest BCUT2D eigenvalue weighted by Gasteiger charge is 2.32. The Bertz CT molecular complexity index is 1180. The van der Waals surface area contributed by atoms with E-state index in [1.54, 1.807) is 11.5 Å². The summed E-state index contributed by atoms with van der Waals surface area (Å²) in [5, 5.41) is 0.919. The second kappa shape index (κ2) is 9.17. The summed E-state index contributed by atoms with van der Waals surface area (Å²) < 4.78 is 7.09. The maximum Gasteiger partial charge on any atom is 0.345 e. The predicted molar refractivity (Wildman–Crippen MR) is 129 cm³/mol. The van der Waals surface area contributed by atoms with E-state index < -0.39 is 5.97 Å². The predicted octanol–water partition coefficient (Wildman–Crippen LogP) is 3.68. The van der Waals surface area contributed by atoms with Crippen molar-refractivity contribution in [3.8, 4) is 0 Å². The Morgan fingerprint density at radius 2 is 1.91 bits per heavy atom. The second-order valence-corrected chi connectivity index (χ2v) is 8.69. The van der Waals surface area contributed by atoms with E-state index in [-0.39, 0.29) is 17.7 Å². The Hall–Kier alpha value is -3.12. The topological polar surface area (TPSA) is 54.8 Å². The highest BCUT2D eigenvalue weighted by atomic mass is 16.5. The number of ether oxygens (including phenoxy) is 1. The van der Waals surface area contributed by atoms with Crippen molar-refractivity contribution in [3.63, 3.8) is 0 Å². The molecule has 1 aliphatic heterocycles. The summed E-state index contributed by atoms with van der Waals surface area (Å²) in [6.45, 7) is 5.98. The third kappa shape index (κ3) is 4.15. The molecule has 3 aromatic rings. The zero-order chi connectivity index (χ0) is 22.8. The quantitative estimate of drug-likeness (QED) is 0.555. The number of nitrogens with zero attached hydrogens (tertiary/aromatic N) is 3. The zero-order valence-corrected chi connectivity index (χ0v) is 19.3. The maximum absolute atomic E-state index is 13.8. The molecule has 0 aliphatic carbocycles. The summed E-state index contributed by atoms with van der Waals surface area (Å²) in [5.41, 5.74) is 3.48. The number of carbonyl (C=O) groups excluding carboxylic acids is 1. The van der Waals surface area contributed by atoms with Crippen LogP contribution in [0.4, 0.5) is 5.69 Å². The molecule has 2 heterocycles. The van der Waals surface area contributed by atoms with Crippen LogP contribution < -0.4 is 10.5 Å². The summed E-state index contributed by atoms with van der Waals surface area (Å²) in [6, 6.07) is 16.3. The number of likely N-dealkylation sites (N-methyl/N-ethyl adjacent to an activating group) is 1. The van der Waals surface area contributed by atoms with Crippen LogP contribution in [0.25, 0.3) is 10.9 Å². The molecule has 0 amide bonds. The lowest BCUT2D eigenvalue weighted by atomic mass is 10.0. The van der Waals surface area contributed by atoms with Crippen molar-refractivity contribution in [2.75, 3.05) is 38.7 Å². The summed E-state index contributed by atoms with van der Waals surface area (Å²) in [7, 11) is 4.14. The van der Waals surface area contributed by atoms with Gasteiger partial charge in [0, 0.05) is 24.5 Å². The molecule has 6 nitrogen and oxygen atoms in total. The van der Waals surface area contributed by atoms with Crippen LogP contribution >= 0.6 is 0 Å². The molecule has 1 aromatic heterocycles. The van der Waals surface area contributed by atoms with E-state index in [0.717, 1.165) is 41.5 Å². The number of pyridine rings is 1. The van der Waals surface area contributed by atoms with Gasteiger partial charge in [-0.1, -0.05) is 42.0 Å². The van der Waals surface area contributed by atoms with E-state index in [0.29, 0.717) is 18.3 Å². The third-order valence-electron chi connectivity index (χ3n) is 6.27. The molecule has 2 aromatic carbocycles. The lowest BCUT2D eigenvalue weighted by Crippen LogP contribution is -2.35. The molecule has 0 radical (unpaired) electrons. The van der Waals surface area contributed by atoms with Gasteiger partial charge in [-0.2, -0.15) is 0 Å². The minimum Gasteiger partial charge on any atom is -0.462 e. The molecule has 168 valence electrons. The molecule has 1 fully saturated rings. The Kier molecular flexibility index (Phi) is 6.33. The summed E-state index contributed by atoms with van der Waals surface area (Å²) >= 11 is 0. The first-order valence-electron chi connectivity index (χ1n) is 11.2. The smallest absolute Gasteiger partial charge is 0.345 e. The van der Waals surface area contributed by atoms with Gasteiger partial charge in [0.15, 0.2) is 0 Å². The first-order valence-corrected chi connectivity index (χ1v) is 11.2. The fourth-order valence-corrected chi connectivity index (χ4v) is 4.56. The normalized spacial score (nSPS) is 16.2. The zero-order valence-electron chi connectivity index (χ0n) is 19.3. The van der Waals surface area contributed by atoms with Crippen molar-refractivity contribution in [2.45, 2.75) is 32.9 Å². The van der Waals surface area contributed by atoms with Crippen molar-refractivity contribution in [2.24, 2.45) is 0 Å². The molecule has 6 heteroatoms. The van der Waals surface area contributed by atoms with Crippen LogP contribution in [-0.4, -0.2) is 55.3 Å². The first kappa shape index (κ1) is 22.1. The molecule has 0 bridgehead atoms. The van der Waals surface area contributed by atoms with E-state index in [1.807, 2.05) is 49.4 Å². The minimum atomic E-state index is -0.550. The van der Waals surface area contributed by atoms with Crippen LogP contribution in [0.5, 0.6) is 0 Å². The number of hydrogen-bond donors (Lipinski definition) is 0. The van der Waals surface area contributed by atoms with Crippen LogP contribution in [0.1, 0.15) is 34.8 Å². The maximum atomic E-state index is 13.8. The number of aromatic nitrogens is 1. The molecule has 0 N–H and O–H groups in total. The van der Waals surface area contributed by atoms with E-state index in [9.17, 15) is 9.59 Å². The van der Waals surface area contributed by atoms with Crippen LogP contribution in [-0.2, 0) is 11.3 Å². The monoisotopic (exact) mass is 433 g/mol. The number of hydrogen-bond acceptors (Lipinski definition) is 5. The van der Waals surface area contributed by atoms with Gasteiger partial charge < -0.3 is 19.1 Å². The molecule has 1 atom stereocenters. The van der Waals surface area contributed by atoms with Crippen molar-refractivity contribution in [1.82, 2.24) is 9.47 Å². The van der Waals surface area contributed by atoms with Crippen LogP contribution in [0.15, 0.2) is 53.3 Å². The SMILES string of the molecule is CCOC(=O)c1c(N2CCC(N(C)C)C2)c2cc(C)ccc2n(Cc2ccccc2)c1=O. The second-order valence-electron chi connectivity index (χ2n) is 8.69. The number of esters is 1. The molecular weight excluding hydrogens is 402 g/mol. The summed E-state index contributed by atoms with van der Waals surface area (Å²) in [5.74, 6) is -0.550. The highest BCUT2D eigenvalue weighted by molar-refractivity contribution is 6.05. The number of carbonyl (C=O) groups is 1. The first-order chi connectivity index (χ1) is 15.4. The van der Waals surface area contributed by atoms with E-state index in [1.165, 1.54) is 0 Å². The van der Waals surface area contributed by atoms with Crippen LogP contribution in [0, 0.1) is 6.92 Å². The molecule has 4 rings (SSSR count). The fourth-order valence-electron chi connectivity index (χ4n) is 4.56. The van der Waals surface area contributed by atoms with Gasteiger partial charge in [0.25, 0.3) is 5.56 Å². The number of fused-ring (bicyclic) bond motifs is 1. The molecule has 0 saturated carbocycles. The Morgan fingerprint density at radius 3 is 2.56 bits per heavy atom. The van der Waals surface area contributed by atoms with Crippen molar-refractivity contribution in [3.05, 3.63) is 75.6 Å². The Balaban J connectivity index is 1.98. The number of benzene rings is 2. The van der Waals surface area contributed by atoms with Gasteiger partial charge in [-0.05, 0) is 52.1 Å². The lowest BCUT2D eigenvalue weighted by molar-refractivity contribution is 0.0524. The largest absolute Gasteiger partial charge is 0.462 e. The van der Waals surface area contributed by atoms with E-state index in [2.05, 4.69) is 30.0 Å². The summed E-state index contributed by atoms with van der Waals surface area (Å²) in [4.78, 5) is 31.3. The van der Waals surface area contributed by atoms with Gasteiger partial charge in [0.05, 0.1) is 24.4 Å². The third-order valence-corrected chi connectivity index (χ3v) is 6.27. The molecule has 1 unspecified atom stereocenters. The van der Waals surface area contributed by atoms with Gasteiger partial charge in [-0.15, -0.1) is 0 Å². The van der Waals surface area contributed by atoms with Crippen molar-refractivity contribution in [1.29, 1.82) is 0 Å². The lowest BCUT2D eigenvalue weighted by Gasteiger charge is -2.26. The average molecular weight is 434 g/mol. The summed E-state index contributed by atoms with van der Waals surface area (Å²) in [6.07, 6.45) is 0.982. The molecule has 1 aliphatic rings. The minimum absolute atomic E-state index is 0.139. The van der Waals surface area contributed by atoms with Crippen molar-refractivity contribution < 1.29 is 9.53 Å². The molecule has 0 spiro atoms. The van der Waals surface area contributed by atoms with Crippen LogP contribution in [0.2, 0.25) is 0 Å². The Labute approximate surface area is 189 Å². The van der Waals surface area contributed by atoms with E-state index >= 15 is 0 Å². The molecule has 32 heavy (non-hydrogen) atoms. The van der Waals surface area contributed by atoms with Gasteiger partial charge in [0.1, 0.15) is 5.56 Å². The average Bonchev–Trinajstić information content (AvgIpc) is 3.26. The van der Waals surface area contributed by atoms with Gasteiger partial charge in [-0.3, -0.25) is 4.79 Å². The van der Waals surface area contributed by atoms with Crippen molar-refractivity contribution >= 4 is 22.6 Å². The Morgan fingerprint density at radius 1 is 1.16 bits per heavy atom. The van der Waals surface area contributed by atoms with E-state index in [4.69, 9.17) is 4.74 Å². The molecule has 1 saturated heterocycles. The van der Waals surface area contributed by atoms with Crippen LogP contribution in [0.3, 0.4) is 0 Å². The van der Waals surface area contributed by atoms with Gasteiger partial charge in [0.2, 0.25) is 0 Å². The number of anilines is 1. The van der Waals surface area contributed by atoms with Gasteiger partial charge >= 0.3 is 5.97 Å². The number of rotatable bonds is 6. The highest BCUT2D eigenvalue weighted by Crippen LogP contribution is 2.33. The molecular formula is C26H31N3O3. The van der Waals surface area contributed by atoms with Gasteiger partial charge in [-0.25, -0.2) is 4.79 Å².